The fourth-order valence-electron chi connectivity index (χ4n) is 1.09. The molecule has 0 atom stereocenters. The summed E-state index contributed by atoms with van der Waals surface area (Å²) < 4.78 is 6.91. The second kappa shape index (κ2) is 5.39. The van der Waals surface area contributed by atoms with Crippen LogP contribution in [0.1, 0.15) is 23.8 Å². The van der Waals surface area contributed by atoms with Gasteiger partial charge in [-0.05, 0) is 13.3 Å². The predicted molar refractivity (Wildman–Crippen MR) is 50.3 cm³/mol. The van der Waals surface area contributed by atoms with Gasteiger partial charge in [0.05, 0.1) is 6.33 Å². The second-order valence-corrected chi connectivity index (χ2v) is 2.85. The van der Waals surface area contributed by atoms with E-state index in [-0.39, 0.29) is 5.69 Å². The molecule has 0 fully saturated rings. The Hall–Kier alpha value is -1.36. The Bertz CT molecular complexity index is 296. The number of carboxylic acid groups (broad SMARTS) is 1. The Balaban J connectivity index is 2.33. The number of aryl methyl sites for hydroxylation is 1. The molecule has 1 rings (SSSR count). The van der Waals surface area contributed by atoms with Gasteiger partial charge in [0.2, 0.25) is 0 Å². The molecular formula is C9H14N2O3. The number of hydrogen-bond donors (Lipinski definition) is 1. The van der Waals surface area contributed by atoms with Gasteiger partial charge in [0.25, 0.3) is 0 Å². The van der Waals surface area contributed by atoms with E-state index in [4.69, 9.17) is 9.84 Å². The standard InChI is InChI=1S/C9H14N2O3/c1-2-14-5-3-4-11-6-8(9(12)13)10-7-11/h6-7H,2-5H2,1H3,(H,12,13). The minimum absolute atomic E-state index is 0.0846. The highest BCUT2D eigenvalue weighted by Crippen LogP contribution is 1.97. The summed E-state index contributed by atoms with van der Waals surface area (Å²) in [5.41, 5.74) is 0.0846. The van der Waals surface area contributed by atoms with Crippen LogP contribution in [0, 0.1) is 0 Å². The van der Waals surface area contributed by atoms with Crippen molar-refractivity contribution in [1.82, 2.24) is 9.55 Å². The van der Waals surface area contributed by atoms with Crippen molar-refractivity contribution in [2.45, 2.75) is 19.9 Å². The van der Waals surface area contributed by atoms with Crippen LogP contribution in [0.15, 0.2) is 12.5 Å². The summed E-state index contributed by atoms with van der Waals surface area (Å²) >= 11 is 0. The first kappa shape index (κ1) is 10.7. The number of aromatic nitrogens is 2. The molecule has 0 aromatic carbocycles. The minimum Gasteiger partial charge on any atom is -0.476 e. The normalized spacial score (nSPS) is 10.4. The maximum Gasteiger partial charge on any atom is 0.356 e. The lowest BCUT2D eigenvalue weighted by atomic mass is 10.4. The number of rotatable bonds is 6. The lowest BCUT2D eigenvalue weighted by Crippen LogP contribution is -2.01. The fourth-order valence-corrected chi connectivity index (χ4v) is 1.09. The average Bonchev–Trinajstić information content (AvgIpc) is 2.61. The van der Waals surface area contributed by atoms with Gasteiger partial charge in [-0.15, -0.1) is 0 Å². The Morgan fingerprint density at radius 1 is 1.71 bits per heavy atom. The van der Waals surface area contributed by atoms with Crippen LogP contribution in [0.3, 0.4) is 0 Å². The molecule has 1 N–H and O–H groups in total. The van der Waals surface area contributed by atoms with Crippen LogP contribution in [-0.4, -0.2) is 33.8 Å². The van der Waals surface area contributed by atoms with Gasteiger partial charge in [-0.1, -0.05) is 0 Å². The molecule has 1 heterocycles. The van der Waals surface area contributed by atoms with Crippen molar-refractivity contribution in [2.24, 2.45) is 0 Å². The van der Waals surface area contributed by atoms with Crippen LogP contribution < -0.4 is 0 Å². The van der Waals surface area contributed by atoms with Gasteiger partial charge < -0.3 is 14.4 Å². The van der Waals surface area contributed by atoms with Crippen molar-refractivity contribution >= 4 is 5.97 Å². The van der Waals surface area contributed by atoms with Gasteiger partial charge >= 0.3 is 5.97 Å². The van der Waals surface area contributed by atoms with Gasteiger partial charge in [-0.25, -0.2) is 9.78 Å². The summed E-state index contributed by atoms with van der Waals surface area (Å²) in [5, 5.41) is 8.61. The lowest BCUT2D eigenvalue weighted by Gasteiger charge is -2.01. The molecule has 5 nitrogen and oxygen atoms in total. The first-order valence-corrected chi connectivity index (χ1v) is 4.57. The molecule has 0 spiro atoms. The zero-order chi connectivity index (χ0) is 10.4. The van der Waals surface area contributed by atoms with Crippen molar-refractivity contribution in [3.63, 3.8) is 0 Å². The monoisotopic (exact) mass is 198 g/mol. The molecule has 0 unspecified atom stereocenters. The molecule has 0 amide bonds. The van der Waals surface area contributed by atoms with Gasteiger partial charge in [0, 0.05) is 26.0 Å². The summed E-state index contributed by atoms with van der Waals surface area (Å²) in [6, 6.07) is 0. The number of ether oxygens (including phenoxy) is 1. The molecule has 0 aliphatic rings. The van der Waals surface area contributed by atoms with Gasteiger partial charge in [0.15, 0.2) is 5.69 Å². The van der Waals surface area contributed by atoms with Crippen LogP contribution in [0.5, 0.6) is 0 Å². The van der Waals surface area contributed by atoms with Crippen LogP contribution in [0.2, 0.25) is 0 Å². The van der Waals surface area contributed by atoms with E-state index in [0.717, 1.165) is 13.0 Å². The maximum atomic E-state index is 10.5. The largest absolute Gasteiger partial charge is 0.476 e. The summed E-state index contributed by atoms with van der Waals surface area (Å²) in [6.45, 7) is 4.08. The third kappa shape index (κ3) is 3.18. The first-order valence-electron chi connectivity index (χ1n) is 4.57. The number of aromatic carboxylic acids is 1. The summed E-state index contributed by atoms with van der Waals surface area (Å²) in [4.78, 5) is 14.2. The quantitative estimate of drug-likeness (QED) is 0.693. The molecular weight excluding hydrogens is 184 g/mol. The van der Waals surface area contributed by atoms with E-state index >= 15 is 0 Å². The number of carboxylic acids is 1. The SMILES string of the molecule is CCOCCCn1cnc(C(=O)O)c1. The van der Waals surface area contributed by atoms with Gasteiger partial charge in [-0.2, -0.15) is 0 Å². The highest BCUT2D eigenvalue weighted by molar-refractivity contribution is 5.84. The summed E-state index contributed by atoms with van der Waals surface area (Å²) in [5.74, 6) is -0.992. The molecule has 5 heteroatoms. The van der Waals surface area contributed by atoms with Crippen LogP contribution in [0.4, 0.5) is 0 Å². The number of carbonyl (C=O) groups is 1. The van der Waals surface area contributed by atoms with Crippen molar-refractivity contribution in [1.29, 1.82) is 0 Å². The topological polar surface area (TPSA) is 64.4 Å². The van der Waals surface area contributed by atoms with Gasteiger partial charge in [-0.3, -0.25) is 0 Å². The summed E-state index contributed by atoms with van der Waals surface area (Å²) in [7, 11) is 0. The van der Waals surface area contributed by atoms with Crippen molar-refractivity contribution in [3.05, 3.63) is 18.2 Å². The Morgan fingerprint density at radius 2 is 2.50 bits per heavy atom. The Morgan fingerprint density at radius 3 is 3.07 bits per heavy atom. The molecule has 78 valence electrons. The van der Waals surface area contributed by atoms with E-state index in [2.05, 4.69) is 4.98 Å². The first-order chi connectivity index (χ1) is 6.74. The van der Waals surface area contributed by atoms with Crippen molar-refractivity contribution in [2.75, 3.05) is 13.2 Å². The zero-order valence-corrected chi connectivity index (χ0v) is 8.14. The van der Waals surface area contributed by atoms with E-state index in [1.807, 2.05) is 6.92 Å². The molecule has 0 aliphatic heterocycles. The molecule has 14 heavy (non-hydrogen) atoms. The third-order valence-corrected chi connectivity index (χ3v) is 1.76. The van der Waals surface area contributed by atoms with Crippen molar-refractivity contribution in [3.8, 4) is 0 Å². The minimum atomic E-state index is -0.992. The number of imidazole rings is 1. The molecule has 1 aromatic heterocycles. The van der Waals surface area contributed by atoms with Crippen molar-refractivity contribution < 1.29 is 14.6 Å². The van der Waals surface area contributed by atoms with E-state index in [0.29, 0.717) is 13.2 Å². The Labute approximate surface area is 82.3 Å². The van der Waals surface area contributed by atoms with E-state index < -0.39 is 5.97 Å². The van der Waals surface area contributed by atoms with Crippen LogP contribution in [0.25, 0.3) is 0 Å². The van der Waals surface area contributed by atoms with Crippen LogP contribution >= 0.6 is 0 Å². The molecule has 0 aliphatic carbocycles. The number of hydrogen-bond acceptors (Lipinski definition) is 3. The molecule has 0 radical (unpaired) electrons. The maximum absolute atomic E-state index is 10.5. The zero-order valence-electron chi connectivity index (χ0n) is 8.14. The van der Waals surface area contributed by atoms with E-state index in [1.165, 1.54) is 12.5 Å². The fraction of sp³-hybridized carbons (Fsp3) is 0.556. The summed E-state index contributed by atoms with van der Waals surface area (Å²) in [6.07, 6.45) is 3.91. The number of nitrogens with zero attached hydrogens (tertiary/aromatic N) is 2. The highest BCUT2D eigenvalue weighted by Gasteiger charge is 2.05. The van der Waals surface area contributed by atoms with Gasteiger partial charge in [0.1, 0.15) is 0 Å². The van der Waals surface area contributed by atoms with E-state index in [9.17, 15) is 4.79 Å². The highest BCUT2D eigenvalue weighted by atomic mass is 16.5. The molecule has 0 bridgehead atoms. The third-order valence-electron chi connectivity index (χ3n) is 1.76. The van der Waals surface area contributed by atoms with Crippen LogP contribution in [-0.2, 0) is 11.3 Å². The second-order valence-electron chi connectivity index (χ2n) is 2.85. The lowest BCUT2D eigenvalue weighted by molar-refractivity contribution is 0.0691. The van der Waals surface area contributed by atoms with E-state index in [1.54, 1.807) is 4.57 Å². The molecule has 0 saturated carbocycles. The Kier molecular flexibility index (Phi) is 4.12. The molecule has 1 aromatic rings. The smallest absolute Gasteiger partial charge is 0.356 e. The average molecular weight is 198 g/mol. The predicted octanol–water partition coefficient (Wildman–Crippen LogP) is 1.01. The molecule has 0 saturated heterocycles.